The summed E-state index contributed by atoms with van der Waals surface area (Å²) in [6, 6.07) is 9.04. The SMILES string of the molecule is COC1CC(OC2CCC3(C)C(=CCC4C3CC(OC(=O)c3ccccc3)C3(C)C(C(C)O)CCC43O)C2)OC(C)C1OC1CC(OC)C(OC2OC(C)C(O)C(OC)C2O)C(C)O1. The normalized spacial score (nSPS) is 48.6. The smallest absolute Gasteiger partial charge is 0.338 e. The molecule has 0 amide bonds. The van der Waals surface area contributed by atoms with E-state index in [9.17, 15) is 25.2 Å². The molecule has 6 fully saturated rings. The molecule has 1 aromatic carbocycles. The number of carbonyl (C=O) groups is 1. The number of fused-ring (bicyclic) bond motifs is 5. The van der Waals surface area contributed by atoms with E-state index < -0.39 is 103 Å². The maximum atomic E-state index is 13.7. The maximum Gasteiger partial charge on any atom is 0.338 e. The lowest BCUT2D eigenvalue weighted by atomic mass is 9.44. The zero-order valence-electron chi connectivity index (χ0n) is 39.1. The van der Waals surface area contributed by atoms with Crippen LogP contribution < -0.4 is 0 Å². The monoisotopic (exact) mass is 903 g/mol. The van der Waals surface area contributed by atoms with Gasteiger partial charge in [0.1, 0.15) is 36.6 Å². The average Bonchev–Trinajstić information content (AvgIpc) is 3.56. The van der Waals surface area contributed by atoms with Gasteiger partial charge >= 0.3 is 5.97 Å². The second kappa shape index (κ2) is 19.1. The molecule has 0 spiro atoms. The summed E-state index contributed by atoms with van der Waals surface area (Å²) in [6.07, 6.45) is -1.95. The minimum atomic E-state index is -1.22. The van der Waals surface area contributed by atoms with Crippen molar-refractivity contribution >= 4 is 5.97 Å². The molecular formula is C49H74O15. The van der Waals surface area contributed by atoms with Gasteiger partial charge in [0.2, 0.25) is 0 Å². The quantitative estimate of drug-likeness (QED) is 0.165. The van der Waals surface area contributed by atoms with Crippen molar-refractivity contribution in [1.82, 2.24) is 0 Å². The number of allylic oxidation sites excluding steroid dienone is 1. The number of benzene rings is 1. The second-order valence-corrected chi connectivity index (χ2v) is 20.3. The Morgan fingerprint density at radius 3 is 2.03 bits per heavy atom. The number of hydrogen-bond donors (Lipinski definition) is 4. The predicted octanol–water partition coefficient (Wildman–Crippen LogP) is 4.83. The highest BCUT2D eigenvalue weighted by Crippen LogP contribution is 2.69. The molecule has 0 radical (unpaired) electrons. The minimum absolute atomic E-state index is 0.0314. The van der Waals surface area contributed by atoms with Gasteiger partial charge in [-0.25, -0.2) is 4.79 Å². The fraction of sp³-hybridized carbons (Fsp3) is 0.816. The van der Waals surface area contributed by atoms with Crippen LogP contribution in [0.15, 0.2) is 42.0 Å². The Kier molecular flexibility index (Phi) is 14.5. The summed E-state index contributed by atoms with van der Waals surface area (Å²) in [5.41, 5.74) is -0.345. The summed E-state index contributed by atoms with van der Waals surface area (Å²) >= 11 is 0. The van der Waals surface area contributed by atoms with E-state index in [4.69, 9.17) is 47.4 Å². The lowest BCUT2D eigenvalue weighted by molar-refractivity contribution is -0.352. The maximum absolute atomic E-state index is 13.7. The van der Waals surface area contributed by atoms with E-state index in [1.165, 1.54) is 12.7 Å². The molecule has 3 saturated heterocycles. The first-order chi connectivity index (χ1) is 30.5. The number of aliphatic hydroxyl groups excluding tert-OH is 3. The molecule has 0 aromatic heterocycles. The standard InChI is InChI=1S/C49H74O15/c1-25(50)32-18-20-49(54)33-16-15-30-21-31(17-19-47(30,5)34(33)22-37(48(32,49)6)62-45(53)29-13-11-10-12-14-29)61-38-23-35(55-7)42(27(3)58-38)63-39-24-36(56-8)43(28(4)59-39)64-46-41(52)44(57-9)40(51)26(2)60-46/h10-15,25-28,31-44,46,50-52,54H,16-24H2,1-9H3. The number of ether oxygens (including phenoxy) is 10. The summed E-state index contributed by atoms with van der Waals surface area (Å²) in [5.74, 6) is -0.557. The first-order valence-electron chi connectivity index (χ1n) is 23.7. The Hall–Kier alpha value is -2.09. The zero-order valence-corrected chi connectivity index (χ0v) is 39.1. The Morgan fingerprint density at radius 1 is 0.766 bits per heavy atom. The third-order valence-electron chi connectivity index (χ3n) is 17.1. The fourth-order valence-corrected chi connectivity index (χ4v) is 13.4. The van der Waals surface area contributed by atoms with Crippen molar-refractivity contribution in [3.8, 4) is 0 Å². The third-order valence-corrected chi connectivity index (χ3v) is 17.1. The Labute approximate surface area is 378 Å². The minimum Gasteiger partial charge on any atom is -0.458 e. The van der Waals surface area contributed by atoms with Gasteiger partial charge in [0.15, 0.2) is 18.9 Å². The molecule has 4 N–H and O–H groups in total. The van der Waals surface area contributed by atoms with Crippen molar-refractivity contribution < 1.29 is 72.6 Å². The molecule has 22 unspecified atom stereocenters. The van der Waals surface area contributed by atoms with Crippen LogP contribution in [-0.2, 0) is 47.4 Å². The van der Waals surface area contributed by atoms with Crippen LogP contribution in [0.4, 0.5) is 0 Å². The molecule has 4 aliphatic carbocycles. The molecule has 3 heterocycles. The molecule has 3 saturated carbocycles. The summed E-state index contributed by atoms with van der Waals surface area (Å²) < 4.78 is 62.1. The Morgan fingerprint density at radius 2 is 1.41 bits per heavy atom. The molecule has 1 aromatic rings. The van der Waals surface area contributed by atoms with Crippen LogP contribution in [0.3, 0.4) is 0 Å². The van der Waals surface area contributed by atoms with Crippen LogP contribution in [0.5, 0.6) is 0 Å². The number of rotatable bonds is 12. The predicted molar refractivity (Wildman–Crippen MR) is 231 cm³/mol. The number of hydrogen-bond acceptors (Lipinski definition) is 15. The van der Waals surface area contributed by atoms with Crippen LogP contribution >= 0.6 is 0 Å². The van der Waals surface area contributed by atoms with Crippen molar-refractivity contribution in [2.45, 2.75) is 203 Å². The number of esters is 1. The first-order valence-corrected chi connectivity index (χ1v) is 23.7. The van der Waals surface area contributed by atoms with Crippen LogP contribution in [0, 0.1) is 28.6 Å². The highest BCUT2D eigenvalue weighted by Gasteiger charge is 2.71. The van der Waals surface area contributed by atoms with Crippen molar-refractivity contribution in [2.24, 2.45) is 28.6 Å². The van der Waals surface area contributed by atoms with Gasteiger partial charge in [-0.3, -0.25) is 0 Å². The highest BCUT2D eigenvalue weighted by molar-refractivity contribution is 5.89. The fourth-order valence-electron chi connectivity index (χ4n) is 13.4. The van der Waals surface area contributed by atoms with Gasteiger partial charge in [0.05, 0.1) is 53.9 Å². The second-order valence-electron chi connectivity index (χ2n) is 20.3. The van der Waals surface area contributed by atoms with Gasteiger partial charge in [-0.05, 0) is 108 Å². The Balaban J connectivity index is 0.900. The molecule has 15 heteroatoms. The van der Waals surface area contributed by atoms with Gasteiger partial charge in [-0.15, -0.1) is 0 Å². The average molecular weight is 903 g/mol. The Bertz CT molecular complexity index is 1780. The van der Waals surface area contributed by atoms with Gasteiger partial charge in [0.25, 0.3) is 0 Å². The molecule has 7 aliphatic rings. The van der Waals surface area contributed by atoms with E-state index in [1.54, 1.807) is 40.2 Å². The molecular weight excluding hydrogens is 829 g/mol. The number of methoxy groups -OCH3 is 3. The van der Waals surface area contributed by atoms with E-state index in [2.05, 4.69) is 13.0 Å². The van der Waals surface area contributed by atoms with Gasteiger partial charge in [-0.1, -0.05) is 43.7 Å². The van der Waals surface area contributed by atoms with Crippen LogP contribution in [0.2, 0.25) is 0 Å². The number of carbonyl (C=O) groups excluding carboxylic acids is 1. The molecule has 3 aliphatic heterocycles. The zero-order chi connectivity index (χ0) is 45.9. The van der Waals surface area contributed by atoms with E-state index >= 15 is 0 Å². The van der Waals surface area contributed by atoms with E-state index in [0.717, 1.165) is 19.3 Å². The molecule has 22 atom stereocenters. The largest absolute Gasteiger partial charge is 0.458 e. The van der Waals surface area contributed by atoms with Gasteiger partial charge < -0.3 is 67.8 Å². The van der Waals surface area contributed by atoms with Crippen molar-refractivity contribution in [1.29, 1.82) is 0 Å². The van der Waals surface area contributed by atoms with E-state index in [-0.39, 0.29) is 35.4 Å². The first kappa shape index (κ1) is 48.4. The van der Waals surface area contributed by atoms with Crippen molar-refractivity contribution in [2.75, 3.05) is 21.3 Å². The lowest BCUT2D eigenvalue weighted by Crippen LogP contribution is -2.67. The van der Waals surface area contributed by atoms with Gasteiger partial charge in [0, 0.05) is 39.6 Å². The summed E-state index contributed by atoms with van der Waals surface area (Å²) in [7, 11) is 4.69. The van der Waals surface area contributed by atoms with Crippen LogP contribution in [0.25, 0.3) is 0 Å². The topological polar surface area (TPSA) is 190 Å². The number of aliphatic hydroxyl groups is 4. The van der Waals surface area contributed by atoms with Crippen LogP contribution in [0.1, 0.15) is 110 Å². The lowest BCUT2D eigenvalue weighted by Gasteiger charge is -2.63. The van der Waals surface area contributed by atoms with Crippen molar-refractivity contribution in [3.63, 3.8) is 0 Å². The highest BCUT2D eigenvalue weighted by atomic mass is 16.8. The summed E-state index contributed by atoms with van der Waals surface area (Å²) in [6.45, 7) is 11.7. The third kappa shape index (κ3) is 8.55. The molecule has 360 valence electrons. The van der Waals surface area contributed by atoms with E-state index in [0.29, 0.717) is 44.1 Å². The summed E-state index contributed by atoms with van der Waals surface area (Å²) in [5, 5.41) is 45.3. The molecule has 0 bridgehead atoms. The van der Waals surface area contributed by atoms with Gasteiger partial charge in [-0.2, -0.15) is 0 Å². The molecule has 64 heavy (non-hydrogen) atoms. The molecule has 8 rings (SSSR count). The van der Waals surface area contributed by atoms with E-state index in [1.807, 2.05) is 39.0 Å². The molecule has 15 nitrogen and oxygen atoms in total. The van der Waals surface area contributed by atoms with Crippen molar-refractivity contribution in [3.05, 3.63) is 47.5 Å². The van der Waals surface area contributed by atoms with Crippen LogP contribution in [-0.4, -0.2) is 152 Å². The summed E-state index contributed by atoms with van der Waals surface area (Å²) in [4.78, 5) is 13.7.